The molecule has 218 valence electrons. The number of thiazole rings is 1. The molecule has 1 atom stereocenters. The van der Waals surface area contributed by atoms with Gasteiger partial charge in [-0.3, -0.25) is 9.36 Å². The first-order chi connectivity index (χ1) is 19.7. The molecule has 9 nitrogen and oxygen atoms in total. The molecule has 1 aliphatic rings. The maximum Gasteiger partial charge on any atom is 0.338 e. The van der Waals surface area contributed by atoms with Crippen molar-refractivity contribution in [2.75, 3.05) is 26.9 Å². The average molecular weight is 581 g/mol. The fourth-order valence-corrected chi connectivity index (χ4v) is 5.66. The summed E-state index contributed by atoms with van der Waals surface area (Å²) in [6, 6.07) is 10.1. The molecule has 0 amide bonds. The molecule has 1 aromatic heterocycles. The van der Waals surface area contributed by atoms with E-state index in [1.807, 2.05) is 52.0 Å². The number of ether oxygens (including phenoxy) is 5. The van der Waals surface area contributed by atoms with Gasteiger partial charge in [-0.05, 0) is 77.4 Å². The molecule has 0 N–H and O–H groups in total. The second-order valence-electron chi connectivity index (χ2n) is 9.44. The van der Waals surface area contributed by atoms with E-state index in [0.29, 0.717) is 62.4 Å². The number of benzene rings is 2. The second kappa shape index (κ2) is 13.1. The molecule has 4 rings (SSSR count). The van der Waals surface area contributed by atoms with Gasteiger partial charge < -0.3 is 23.7 Å². The van der Waals surface area contributed by atoms with Crippen molar-refractivity contribution in [3.05, 3.63) is 78.5 Å². The number of nitrogens with zero attached hydrogens (tertiary/aromatic N) is 2. The van der Waals surface area contributed by atoms with Gasteiger partial charge in [0.05, 0.1) is 54.9 Å². The van der Waals surface area contributed by atoms with E-state index in [-0.39, 0.29) is 18.3 Å². The smallest absolute Gasteiger partial charge is 0.338 e. The Kier molecular flexibility index (Phi) is 9.54. The fraction of sp³-hybridized carbons (Fsp3) is 0.387. The van der Waals surface area contributed by atoms with Crippen LogP contribution in [0.2, 0.25) is 0 Å². The topological polar surface area (TPSA) is 97.6 Å². The standard InChI is InChI=1S/C31H36N2O7S/c1-8-37-22-13-11-20(24(17-22)38-9-2)16-26-29(34)33-28(21-12-14-23(40-18(4)5)25(15-21)36-7)27(30(35)39-10-3)19(6)32-31(33)41-26/h11-18,28H,8-10H2,1-7H3/b26-16-/t28-/m1/s1. The van der Waals surface area contributed by atoms with E-state index in [1.54, 1.807) is 43.7 Å². The lowest BCUT2D eigenvalue weighted by molar-refractivity contribution is -0.139. The molecule has 2 heterocycles. The van der Waals surface area contributed by atoms with Gasteiger partial charge >= 0.3 is 5.97 Å². The second-order valence-corrected chi connectivity index (χ2v) is 10.5. The van der Waals surface area contributed by atoms with E-state index in [9.17, 15) is 9.59 Å². The monoisotopic (exact) mass is 580 g/mol. The number of aromatic nitrogens is 1. The van der Waals surface area contributed by atoms with Crippen LogP contribution >= 0.6 is 11.3 Å². The highest BCUT2D eigenvalue weighted by Crippen LogP contribution is 2.36. The Labute approximate surface area is 243 Å². The summed E-state index contributed by atoms with van der Waals surface area (Å²) in [7, 11) is 1.55. The summed E-state index contributed by atoms with van der Waals surface area (Å²) in [5.41, 5.74) is 1.89. The maximum atomic E-state index is 14.0. The van der Waals surface area contributed by atoms with Gasteiger partial charge in [0, 0.05) is 11.6 Å². The predicted octanol–water partition coefficient (Wildman–Crippen LogP) is 4.39. The minimum Gasteiger partial charge on any atom is -0.494 e. The molecule has 0 fully saturated rings. The first-order valence-corrected chi connectivity index (χ1v) is 14.5. The molecule has 1 aliphatic heterocycles. The summed E-state index contributed by atoms with van der Waals surface area (Å²) in [4.78, 5) is 32.4. The highest BCUT2D eigenvalue weighted by atomic mass is 32.1. The molecule has 0 unspecified atom stereocenters. The Morgan fingerprint density at radius 2 is 1.78 bits per heavy atom. The molecule has 41 heavy (non-hydrogen) atoms. The molecule has 3 aromatic rings. The lowest BCUT2D eigenvalue weighted by Crippen LogP contribution is -2.40. The summed E-state index contributed by atoms with van der Waals surface area (Å²) in [6.45, 7) is 12.3. The van der Waals surface area contributed by atoms with Crippen molar-refractivity contribution >= 4 is 23.4 Å². The quantitative estimate of drug-likeness (QED) is 0.310. The molecular weight excluding hydrogens is 544 g/mol. The van der Waals surface area contributed by atoms with Gasteiger partial charge in [-0.25, -0.2) is 9.79 Å². The molecule has 0 radical (unpaired) electrons. The predicted molar refractivity (Wildman–Crippen MR) is 158 cm³/mol. The van der Waals surface area contributed by atoms with E-state index in [0.717, 1.165) is 5.56 Å². The Morgan fingerprint density at radius 3 is 2.44 bits per heavy atom. The van der Waals surface area contributed by atoms with E-state index in [2.05, 4.69) is 4.99 Å². The van der Waals surface area contributed by atoms with Gasteiger partial charge in [0.15, 0.2) is 16.3 Å². The lowest BCUT2D eigenvalue weighted by atomic mass is 9.95. The van der Waals surface area contributed by atoms with Crippen LogP contribution in [-0.4, -0.2) is 43.6 Å². The van der Waals surface area contributed by atoms with Crippen molar-refractivity contribution in [3.8, 4) is 23.0 Å². The number of carbonyl (C=O) groups excluding carboxylic acids is 1. The van der Waals surface area contributed by atoms with Gasteiger partial charge in [0.1, 0.15) is 11.5 Å². The molecule has 2 aromatic carbocycles. The molecule has 0 saturated carbocycles. The summed E-state index contributed by atoms with van der Waals surface area (Å²) in [6.07, 6.45) is 1.72. The minimum absolute atomic E-state index is 0.0613. The first kappa shape index (κ1) is 29.9. The largest absolute Gasteiger partial charge is 0.494 e. The van der Waals surface area contributed by atoms with Crippen LogP contribution in [0, 0.1) is 0 Å². The SMILES string of the molecule is CCOC(=O)C1=C(C)N=c2s/c(=C\c3ccc(OCC)cc3OCC)c(=O)n2[C@@H]1c1ccc(OC(C)C)c(OC)c1. The van der Waals surface area contributed by atoms with E-state index >= 15 is 0 Å². The van der Waals surface area contributed by atoms with Gasteiger partial charge in [0.25, 0.3) is 5.56 Å². The average Bonchev–Trinajstić information content (AvgIpc) is 3.23. The van der Waals surface area contributed by atoms with E-state index in [4.69, 9.17) is 23.7 Å². The lowest BCUT2D eigenvalue weighted by Gasteiger charge is -2.25. The van der Waals surface area contributed by atoms with E-state index in [1.165, 1.54) is 11.3 Å². The van der Waals surface area contributed by atoms with Crippen molar-refractivity contribution in [3.63, 3.8) is 0 Å². The Bertz CT molecular complexity index is 1630. The fourth-order valence-electron chi connectivity index (χ4n) is 4.62. The third kappa shape index (κ3) is 6.32. The number of carbonyl (C=O) groups is 1. The van der Waals surface area contributed by atoms with Gasteiger partial charge in [-0.1, -0.05) is 17.4 Å². The van der Waals surface area contributed by atoms with Crippen LogP contribution in [-0.2, 0) is 9.53 Å². The molecule has 0 spiro atoms. The van der Waals surface area contributed by atoms with Crippen LogP contribution in [0.25, 0.3) is 6.08 Å². The van der Waals surface area contributed by atoms with Crippen LogP contribution in [0.15, 0.2) is 57.5 Å². The normalized spacial score (nSPS) is 14.9. The Hall–Kier alpha value is -4.05. The third-order valence-electron chi connectivity index (χ3n) is 6.27. The number of allylic oxidation sites excluding steroid dienone is 1. The van der Waals surface area contributed by atoms with Crippen LogP contribution in [0.5, 0.6) is 23.0 Å². The maximum absolute atomic E-state index is 14.0. The zero-order valence-electron chi connectivity index (χ0n) is 24.5. The number of fused-ring (bicyclic) bond motifs is 1. The van der Waals surface area contributed by atoms with Crippen LogP contribution in [0.1, 0.15) is 58.7 Å². The number of hydrogen-bond donors (Lipinski definition) is 0. The van der Waals surface area contributed by atoms with Gasteiger partial charge in [-0.2, -0.15) is 0 Å². The van der Waals surface area contributed by atoms with Crippen molar-refractivity contribution in [2.24, 2.45) is 4.99 Å². The molecule has 0 saturated heterocycles. The molecule has 0 bridgehead atoms. The first-order valence-electron chi connectivity index (χ1n) is 13.7. The highest BCUT2D eigenvalue weighted by Gasteiger charge is 2.34. The highest BCUT2D eigenvalue weighted by molar-refractivity contribution is 7.07. The van der Waals surface area contributed by atoms with Crippen molar-refractivity contribution < 1.29 is 28.5 Å². The number of hydrogen-bond acceptors (Lipinski definition) is 9. The number of methoxy groups -OCH3 is 1. The number of esters is 1. The molecule has 0 aliphatic carbocycles. The molecule has 10 heteroatoms. The summed E-state index contributed by atoms with van der Waals surface area (Å²) < 4.78 is 30.4. The summed E-state index contributed by atoms with van der Waals surface area (Å²) in [5, 5.41) is 0. The number of rotatable bonds is 11. The van der Waals surface area contributed by atoms with E-state index < -0.39 is 12.0 Å². The zero-order valence-corrected chi connectivity index (χ0v) is 25.3. The Morgan fingerprint density at radius 1 is 1.02 bits per heavy atom. The Balaban J connectivity index is 1.93. The van der Waals surface area contributed by atoms with Crippen molar-refractivity contribution in [1.82, 2.24) is 4.57 Å². The van der Waals surface area contributed by atoms with Gasteiger partial charge in [-0.15, -0.1) is 0 Å². The van der Waals surface area contributed by atoms with Crippen molar-refractivity contribution in [1.29, 1.82) is 0 Å². The van der Waals surface area contributed by atoms with Crippen LogP contribution < -0.4 is 33.8 Å². The van der Waals surface area contributed by atoms with Crippen LogP contribution in [0.4, 0.5) is 0 Å². The van der Waals surface area contributed by atoms with Gasteiger partial charge in [0.2, 0.25) is 0 Å². The summed E-state index contributed by atoms with van der Waals surface area (Å²) in [5.74, 6) is 1.82. The summed E-state index contributed by atoms with van der Waals surface area (Å²) >= 11 is 1.25. The van der Waals surface area contributed by atoms with Crippen LogP contribution in [0.3, 0.4) is 0 Å². The van der Waals surface area contributed by atoms with Crippen molar-refractivity contribution in [2.45, 2.75) is 53.7 Å². The zero-order chi connectivity index (χ0) is 29.7. The molecular formula is C31H36N2O7S. The third-order valence-corrected chi connectivity index (χ3v) is 7.25. The minimum atomic E-state index is -0.777.